The Labute approximate surface area is 373 Å². The average Bonchev–Trinajstić information content (AvgIpc) is 3.99. The van der Waals surface area contributed by atoms with Crippen LogP contribution in [0.3, 0.4) is 0 Å². The normalized spacial score (nSPS) is 15.4. The number of anilines is 3. The highest BCUT2D eigenvalue weighted by atomic mass is 32.1. The van der Waals surface area contributed by atoms with Gasteiger partial charge in [0.25, 0.3) is 0 Å². The van der Waals surface area contributed by atoms with E-state index >= 15 is 0 Å². The van der Waals surface area contributed by atoms with Crippen molar-refractivity contribution in [2.24, 2.45) is 0 Å². The van der Waals surface area contributed by atoms with Crippen LogP contribution in [0, 0.1) is 0 Å². The van der Waals surface area contributed by atoms with E-state index in [1.807, 2.05) is 11.3 Å². The molecule has 0 radical (unpaired) electrons. The number of hydrogen-bond acceptors (Lipinski definition) is 2. The van der Waals surface area contributed by atoms with Crippen LogP contribution in [0.2, 0.25) is 0 Å². The molecule has 10 aromatic rings. The lowest BCUT2D eigenvalue weighted by Gasteiger charge is -2.34. The van der Waals surface area contributed by atoms with E-state index in [0.717, 1.165) is 0 Å². The second kappa shape index (κ2) is 13.0. The first-order valence-electron chi connectivity index (χ1n) is 22.3. The molecule has 3 aliphatic carbocycles. The quantitative estimate of drug-likeness (QED) is 0.167. The molecule has 0 unspecified atom stereocenters. The lowest BCUT2D eigenvalue weighted by Crippen LogP contribution is -2.28. The van der Waals surface area contributed by atoms with Crippen molar-refractivity contribution in [1.29, 1.82) is 0 Å². The Morgan fingerprint density at radius 3 is 1.38 bits per heavy atom. The van der Waals surface area contributed by atoms with Gasteiger partial charge in [-0.15, -0.1) is 11.3 Å². The van der Waals surface area contributed by atoms with Gasteiger partial charge >= 0.3 is 0 Å². The van der Waals surface area contributed by atoms with E-state index < -0.39 is 5.41 Å². The van der Waals surface area contributed by atoms with Crippen LogP contribution in [0.15, 0.2) is 200 Å². The second-order valence-electron chi connectivity index (χ2n) is 18.8. The first kappa shape index (κ1) is 36.6. The van der Waals surface area contributed by atoms with Crippen molar-refractivity contribution in [3.8, 4) is 33.4 Å². The molecule has 63 heavy (non-hydrogen) atoms. The minimum atomic E-state index is -0.454. The van der Waals surface area contributed by atoms with E-state index in [-0.39, 0.29) is 10.8 Å². The molecular weight excluding hydrogens is 779 g/mol. The maximum Gasteiger partial charge on any atom is 0.0713 e. The molecule has 0 saturated carbocycles. The minimum Gasteiger partial charge on any atom is -0.309 e. The summed E-state index contributed by atoms with van der Waals surface area (Å²) >= 11 is 1.91. The molecule has 9 aromatic carbocycles. The Kier molecular flexibility index (Phi) is 7.57. The predicted octanol–water partition coefficient (Wildman–Crippen LogP) is 16.5. The Bertz CT molecular complexity index is 3380. The summed E-state index contributed by atoms with van der Waals surface area (Å²) in [6, 6.07) is 75.8. The zero-order valence-electron chi connectivity index (χ0n) is 35.9. The molecule has 3 aliphatic rings. The summed E-state index contributed by atoms with van der Waals surface area (Å²) in [5, 5.41) is 2.58. The minimum absolute atomic E-state index is 0.124. The zero-order valence-corrected chi connectivity index (χ0v) is 36.7. The van der Waals surface area contributed by atoms with Crippen molar-refractivity contribution >= 4 is 48.6 Å². The number of benzene rings is 9. The summed E-state index contributed by atoms with van der Waals surface area (Å²) in [6.07, 6.45) is 0. The van der Waals surface area contributed by atoms with Crippen molar-refractivity contribution < 1.29 is 0 Å². The molecule has 0 spiro atoms. The van der Waals surface area contributed by atoms with Gasteiger partial charge in [-0.05, 0) is 120 Å². The summed E-state index contributed by atoms with van der Waals surface area (Å²) in [7, 11) is 0. The van der Waals surface area contributed by atoms with Crippen molar-refractivity contribution in [2.75, 3.05) is 4.90 Å². The fourth-order valence-electron chi connectivity index (χ4n) is 12.0. The Morgan fingerprint density at radius 1 is 0.349 bits per heavy atom. The highest BCUT2D eigenvalue weighted by molar-refractivity contribution is 7.26. The first-order valence-corrected chi connectivity index (χ1v) is 23.1. The van der Waals surface area contributed by atoms with E-state index in [2.05, 4.69) is 233 Å². The molecular formula is C61H45NS. The van der Waals surface area contributed by atoms with Gasteiger partial charge in [0.2, 0.25) is 0 Å². The molecule has 1 heterocycles. The molecule has 0 atom stereocenters. The van der Waals surface area contributed by atoms with Crippen LogP contribution in [0.4, 0.5) is 17.1 Å². The molecule has 0 fully saturated rings. The van der Waals surface area contributed by atoms with E-state index in [9.17, 15) is 0 Å². The molecule has 0 N–H and O–H groups in total. The summed E-state index contributed by atoms with van der Waals surface area (Å²) in [6.45, 7) is 9.53. The van der Waals surface area contributed by atoms with Crippen LogP contribution in [0.1, 0.15) is 72.2 Å². The Balaban J connectivity index is 1.05. The van der Waals surface area contributed by atoms with Crippen molar-refractivity contribution in [3.63, 3.8) is 0 Å². The maximum atomic E-state index is 2.55. The van der Waals surface area contributed by atoms with Crippen LogP contribution < -0.4 is 4.90 Å². The average molecular weight is 824 g/mol. The van der Waals surface area contributed by atoms with E-state index in [4.69, 9.17) is 0 Å². The van der Waals surface area contributed by atoms with E-state index in [0.29, 0.717) is 0 Å². The third-order valence-electron chi connectivity index (χ3n) is 15.0. The van der Waals surface area contributed by atoms with Gasteiger partial charge in [-0.2, -0.15) is 0 Å². The van der Waals surface area contributed by atoms with Gasteiger partial charge in [-0.25, -0.2) is 0 Å². The SMILES string of the molecule is CC1(C)c2ccccc2-c2ccc(N(c3ccc4c(c3)C(C)(C)c3ccccc3-4)c3cccc4c3sc3ccc(C5(c6ccccc6)c6ccccc6-c6ccccc65)cc34)cc21. The molecule has 0 bridgehead atoms. The highest BCUT2D eigenvalue weighted by Gasteiger charge is 2.46. The third kappa shape index (κ3) is 4.88. The lowest BCUT2D eigenvalue weighted by molar-refractivity contribution is 0.660. The summed E-state index contributed by atoms with van der Waals surface area (Å²) in [5.74, 6) is 0. The summed E-state index contributed by atoms with van der Waals surface area (Å²) in [5.41, 5.74) is 21.6. The highest BCUT2D eigenvalue weighted by Crippen LogP contribution is 2.58. The van der Waals surface area contributed by atoms with Crippen LogP contribution in [0.25, 0.3) is 53.6 Å². The zero-order chi connectivity index (χ0) is 42.2. The molecule has 13 rings (SSSR count). The smallest absolute Gasteiger partial charge is 0.0713 e. The fraction of sp³-hybridized carbons (Fsp3) is 0.115. The van der Waals surface area contributed by atoms with Gasteiger partial charge in [-0.1, -0.05) is 185 Å². The molecule has 1 aromatic heterocycles. The molecule has 1 nitrogen and oxygen atoms in total. The molecule has 0 aliphatic heterocycles. The number of hydrogen-bond donors (Lipinski definition) is 0. The predicted molar refractivity (Wildman–Crippen MR) is 266 cm³/mol. The van der Waals surface area contributed by atoms with Gasteiger partial charge in [0.15, 0.2) is 0 Å². The maximum absolute atomic E-state index is 2.55. The van der Waals surface area contributed by atoms with Gasteiger partial charge in [0.1, 0.15) is 0 Å². The van der Waals surface area contributed by atoms with Crippen LogP contribution in [-0.2, 0) is 16.2 Å². The molecule has 300 valence electrons. The van der Waals surface area contributed by atoms with Gasteiger partial charge in [0, 0.05) is 37.7 Å². The van der Waals surface area contributed by atoms with Gasteiger partial charge < -0.3 is 4.90 Å². The number of nitrogens with zero attached hydrogens (tertiary/aromatic N) is 1. The number of rotatable bonds is 5. The topological polar surface area (TPSA) is 3.24 Å². The van der Waals surface area contributed by atoms with E-state index in [1.54, 1.807) is 0 Å². The number of thiophene rings is 1. The monoisotopic (exact) mass is 823 g/mol. The molecule has 0 amide bonds. The first-order chi connectivity index (χ1) is 30.8. The van der Waals surface area contributed by atoms with Crippen molar-refractivity contribution in [2.45, 2.75) is 43.9 Å². The third-order valence-corrected chi connectivity index (χ3v) is 16.2. The van der Waals surface area contributed by atoms with Crippen LogP contribution in [-0.4, -0.2) is 0 Å². The second-order valence-corrected chi connectivity index (χ2v) is 19.9. The van der Waals surface area contributed by atoms with Crippen LogP contribution in [0.5, 0.6) is 0 Å². The van der Waals surface area contributed by atoms with Gasteiger partial charge in [-0.3, -0.25) is 0 Å². The summed E-state index contributed by atoms with van der Waals surface area (Å²) in [4.78, 5) is 2.55. The standard InChI is InChI=1S/C61H45NS/c1-59(2)50-24-12-8-19-42(50)46-32-30-40(36-54(46)59)62(41-31-33-47-43-20-9-13-25-51(43)60(3,4)55(47)37-41)56-28-16-23-48-49-35-39(29-34-57(49)63-58(48)56)61(38-17-6-5-7-18-38)52-26-14-10-21-44(52)45-22-11-15-27-53(45)61/h5-37H,1-4H3. The van der Waals surface area contributed by atoms with Crippen molar-refractivity contribution in [1.82, 2.24) is 0 Å². The molecule has 2 heteroatoms. The van der Waals surface area contributed by atoms with Crippen molar-refractivity contribution in [3.05, 3.63) is 245 Å². The Hall–Kier alpha value is -7.00. The Morgan fingerprint density at radius 2 is 0.825 bits per heavy atom. The lowest BCUT2D eigenvalue weighted by atomic mass is 9.67. The largest absolute Gasteiger partial charge is 0.309 e. The van der Waals surface area contributed by atoms with Crippen LogP contribution >= 0.6 is 11.3 Å². The van der Waals surface area contributed by atoms with E-state index in [1.165, 1.54) is 115 Å². The fourth-order valence-corrected chi connectivity index (χ4v) is 13.2. The molecule has 0 saturated heterocycles. The number of fused-ring (bicyclic) bond motifs is 12. The summed E-state index contributed by atoms with van der Waals surface area (Å²) < 4.78 is 2.58. The van der Waals surface area contributed by atoms with Gasteiger partial charge in [0.05, 0.1) is 15.8 Å².